The monoisotopic (exact) mass is 151 g/mol. The minimum atomic E-state index is -0.318. The second-order valence-electron chi connectivity index (χ2n) is 2.40. The van der Waals surface area contributed by atoms with Crippen molar-refractivity contribution in [2.75, 3.05) is 0 Å². The van der Waals surface area contributed by atoms with E-state index < -0.39 is 0 Å². The van der Waals surface area contributed by atoms with Gasteiger partial charge in [-0.2, -0.15) is 4.57 Å². The number of nitrogens with two attached hydrogens (primary N) is 1. The van der Waals surface area contributed by atoms with Crippen LogP contribution in [0.4, 0.5) is 0 Å². The molecule has 58 valence electrons. The van der Waals surface area contributed by atoms with Gasteiger partial charge in [0.1, 0.15) is 0 Å². The van der Waals surface area contributed by atoms with Gasteiger partial charge in [0.05, 0.1) is 0 Å². The fourth-order valence-corrected chi connectivity index (χ4v) is 0.817. The number of hydrogen-bond acceptors (Lipinski definition) is 1. The summed E-state index contributed by atoms with van der Waals surface area (Å²) in [5.41, 5.74) is 5.11. The first-order valence-corrected chi connectivity index (χ1v) is 3.47. The van der Waals surface area contributed by atoms with Gasteiger partial charge in [-0.3, -0.25) is 4.79 Å². The number of rotatable bonds is 2. The molecule has 11 heavy (non-hydrogen) atoms. The van der Waals surface area contributed by atoms with Crippen molar-refractivity contribution >= 4 is 5.91 Å². The summed E-state index contributed by atoms with van der Waals surface area (Å²) in [5.74, 6) is -0.318. The van der Waals surface area contributed by atoms with Crippen LogP contribution in [0.1, 0.15) is 13.0 Å². The van der Waals surface area contributed by atoms with Crippen molar-refractivity contribution in [1.82, 2.24) is 0 Å². The Morgan fingerprint density at radius 2 is 1.91 bits per heavy atom. The molecule has 1 aromatic rings. The lowest BCUT2D eigenvalue weighted by atomic mass is 10.3. The molecule has 1 rings (SSSR count). The lowest BCUT2D eigenvalue weighted by Gasteiger charge is -1.99. The number of aromatic nitrogens is 1. The maximum atomic E-state index is 10.7. The number of hydrogen-bond donors (Lipinski definition) is 1. The highest BCUT2D eigenvalue weighted by atomic mass is 16.1. The fraction of sp³-hybridized carbons (Fsp3) is 0.250. The maximum Gasteiger partial charge on any atom is 0.286 e. The molecule has 0 aliphatic rings. The van der Waals surface area contributed by atoms with Crippen molar-refractivity contribution in [2.24, 2.45) is 5.73 Å². The Bertz CT molecular complexity index is 246. The van der Waals surface area contributed by atoms with E-state index in [0.29, 0.717) is 0 Å². The molecule has 0 aromatic carbocycles. The molecule has 1 amide bonds. The van der Waals surface area contributed by atoms with Crippen LogP contribution in [0.15, 0.2) is 30.6 Å². The van der Waals surface area contributed by atoms with E-state index in [-0.39, 0.29) is 11.9 Å². The van der Waals surface area contributed by atoms with Gasteiger partial charge in [-0.15, -0.1) is 0 Å². The highest BCUT2D eigenvalue weighted by Crippen LogP contribution is 1.90. The highest BCUT2D eigenvalue weighted by molar-refractivity contribution is 5.76. The first-order valence-electron chi connectivity index (χ1n) is 3.47. The summed E-state index contributed by atoms with van der Waals surface area (Å²) < 4.78 is 1.77. The summed E-state index contributed by atoms with van der Waals surface area (Å²) in [6.45, 7) is 1.77. The van der Waals surface area contributed by atoms with Crippen LogP contribution in [0.5, 0.6) is 0 Å². The molecule has 1 heterocycles. The van der Waals surface area contributed by atoms with Crippen molar-refractivity contribution in [3.8, 4) is 0 Å². The highest BCUT2D eigenvalue weighted by Gasteiger charge is 2.16. The van der Waals surface area contributed by atoms with Gasteiger partial charge in [0, 0.05) is 19.1 Å². The molecule has 0 bridgehead atoms. The van der Waals surface area contributed by atoms with Crippen LogP contribution in [-0.4, -0.2) is 5.91 Å². The molecule has 0 saturated heterocycles. The predicted molar refractivity (Wildman–Crippen MR) is 40.5 cm³/mol. The van der Waals surface area contributed by atoms with Crippen molar-refractivity contribution in [3.63, 3.8) is 0 Å². The average Bonchev–Trinajstić information content (AvgIpc) is 2.05. The normalized spacial score (nSPS) is 12.5. The van der Waals surface area contributed by atoms with E-state index in [1.54, 1.807) is 11.5 Å². The van der Waals surface area contributed by atoms with Crippen LogP contribution < -0.4 is 10.3 Å². The van der Waals surface area contributed by atoms with E-state index in [4.69, 9.17) is 5.73 Å². The van der Waals surface area contributed by atoms with Crippen LogP contribution in [0.3, 0.4) is 0 Å². The molecule has 3 nitrogen and oxygen atoms in total. The summed E-state index contributed by atoms with van der Waals surface area (Å²) >= 11 is 0. The third kappa shape index (κ3) is 1.77. The zero-order valence-electron chi connectivity index (χ0n) is 6.40. The summed E-state index contributed by atoms with van der Waals surface area (Å²) in [6.07, 6.45) is 3.63. The summed E-state index contributed by atoms with van der Waals surface area (Å²) in [6, 6.07) is 5.35. The molecule has 0 fully saturated rings. The molecule has 0 radical (unpaired) electrons. The van der Waals surface area contributed by atoms with Crippen LogP contribution in [0.2, 0.25) is 0 Å². The van der Waals surface area contributed by atoms with E-state index in [2.05, 4.69) is 0 Å². The Morgan fingerprint density at radius 1 is 1.36 bits per heavy atom. The Kier molecular flexibility index (Phi) is 2.21. The number of amides is 1. The number of pyridine rings is 1. The van der Waals surface area contributed by atoms with Crippen molar-refractivity contribution in [3.05, 3.63) is 30.6 Å². The van der Waals surface area contributed by atoms with E-state index in [1.165, 1.54) is 0 Å². The Morgan fingerprint density at radius 3 is 2.36 bits per heavy atom. The molecular formula is C8H11N2O+. The molecule has 1 atom stereocenters. The molecule has 2 N–H and O–H groups in total. The lowest BCUT2D eigenvalue weighted by molar-refractivity contribution is -0.705. The Labute approximate surface area is 65.5 Å². The number of primary amides is 1. The number of carbonyl (C=O) groups excluding carboxylic acids is 1. The minimum absolute atomic E-state index is 0.267. The van der Waals surface area contributed by atoms with Gasteiger partial charge >= 0.3 is 0 Å². The van der Waals surface area contributed by atoms with Gasteiger partial charge < -0.3 is 5.73 Å². The fourth-order valence-electron chi connectivity index (χ4n) is 0.817. The van der Waals surface area contributed by atoms with E-state index in [9.17, 15) is 4.79 Å². The van der Waals surface area contributed by atoms with Crippen molar-refractivity contribution in [2.45, 2.75) is 13.0 Å². The molecule has 1 unspecified atom stereocenters. The second-order valence-corrected chi connectivity index (χ2v) is 2.40. The molecule has 0 aliphatic heterocycles. The first-order chi connectivity index (χ1) is 5.22. The van der Waals surface area contributed by atoms with Crippen LogP contribution in [0, 0.1) is 0 Å². The lowest BCUT2D eigenvalue weighted by Crippen LogP contribution is -2.44. The third-order valence-electron chi connectivity index (χ3n) is 1.60. The smallest absolute Gasteiger partial charge is 0.286 e. The summed E-state index contributed by atoms with van der Waals surface area (Å²) in [7, 11) is 0. The molecule has 0 saturated carbocycles. The SMILES string of the molecule is CC(C(N)=O)[n+]1ccccc1. The zero-order valence-corrected chi connectivity index (χ0v) is 6.40. The van der Waals surface area contributed by atoms with Gasteiger partial charge in [-0.25, -0.2) is 0 Å². The number of nitrogens with zero attached hydrogens (tertiary/aromatic N) is 1. The summed E-state index contributed by atoms with van der Waals surface area (Å²) in [4.78, 5) is 10.7. The summed E-state index contributed by atoms with van der Waals surface area (Å²) in [5, 5.41) is 0. The van der Waals surface area contributed by atoms with Crippen molar-refractivity contribution in [1.29, 1.82) is 0 Å². The molecule has 0 spiro atoms. The van der Waals surface area contributed by atoms with Gasteiger partial charge in [0.25, 0.3) is 5.91 Å². The molecule has 3 heteroatoms. The van der Waals surface area contributed by atoms with Gasteiger partial charge in [0.2, 0.25) is 6.04 Å². The minimum Gasteiger partial charge on any atom is -0.364 e. The predicted octanol–water partition coefficient (Wildman–Crippen LogP) is 0.0204. The van der Waals surface area contributed by atoms with E-state index in [0.717, 1.165) is 0 Å². The van der Waals surface area contributed by atoms with Gasteiger partial charge in [0.15, 0.2) is 12.4 Å². The van der Waals surface area contributed by atoms with Gasteiger partial charge in [-0.05, 0) is 0 Å². The van der Waals surface area contributed by atoms with Crippen molar-refractivity contribution < 1.29 is 9.36 Å². The standard InChI is InChI=1S/C8H10N2O/c1-7(8(9)11)10-5-3-2-4-6-10/h2-7H,1H3,(H-,9,11)/p+1. The topological polar surface area (TPSA) is 47.0 Å². The molecule has 0 aliphatic carbocycles. The van der Waals surface area contributed by atoms with E-state index >= 15 is 0 Å². The van der Waals surface area contributed by atoms with Crippen LogP contribution in [0.25, 0.3) is 0 Å². The first kappa shape index (κ1) is 7.72. The zero-order chi connectivity index (χ0) is 8.27. The van der Waals surface area contributed by atoms with Gasteiger partial charge in [-0.1, -0.05) is 6.07 Å². The Balaban J connectivity index is 2.85. The second kappa shape index (κ2) is 3.14. The van der Waals surface area contributed by atoms with Crippen LogP contribution in [-0.2, 0) is 4.79 Å². The third-order valence-corrected chi connectivity index (χ3v) is 1.60. The average molecular weight is 151 g/mol. The van der Waals surface area contributed by atoms with E-state index in [1.807, 2.05) is 30.6 Å². The maximum absolute atomic E-state index is 10.7. The molecular weight excluding hydrogens is 140 g/mol. The number of carbonyl (C=O) groups is 1. The largest absolute Gasteiger partial charge is 0.364 e. The quantitative estimate of drug-likeness (QED) is 0.595. The Hall–Kier alpha value is -1.38. The van der Waals surface area contributed by atoms with Crippen LogP contribution >= 0.6 is 0 Å². The molecule has 1 aromatic heterocycles.